The van der Waals surface area contributed by atoms with Gasteiger partial charge in [0.25, 0.3) is 5.91 Å². The Balaban J connectivity index is 2.09. The molecule has 1 rings (SSSR count). The van der Waals surface area contributed by atoms with Crippen LogP contribution in [0.2, 0.25) is 0 Å². The van der Waals surface area contributed by atoms with Gasteiger partial charge < -0.3 is 15.8 Å². The van der Waals surface area contributed by atoms with Crippen LogP contribution in [0.25, 0.3) is 0 Å². The minimum Gasteiger partial charge on any atom is -0.466 e. The molecule has 1 aliphatic heterocycles. The fraction of sp³-hybridized carbons (Fsp3) is 0.750. The summed E-state index contributed by atoms with van der Waals surface area (Å²) >= 11 is 0. The number of nitrogens with one attached hydrogen (secondary N) is 2. The molecule has 1 aliphatic rings. The van der Waals surface area contributed by atoms with E-state index < -0.39 is 17.6 Å². The lowest BCUT2D eigenvalue weighted by molar-refractivity contribution is -0.143. The Hall–Kier alpha value is -1.63. The summed E-state index contributed by atoms with van der Waals surface area (Å²) in [6.45, 7) is 2.18. The first kappa shape index (κ1) is 15.4. The van der Waals surface area contributed by atoms with E-state index >= 15 is 0 Å². The molecule has 0 spiro atoms. The van der Waals surface area contributed by atoms with Gasteiger partial charge in [-0.3, -0.25) is 14.9 Å². The molecule has 1 fully saturated rings. The molecule has 0 aromatic rings. The summed E-state index contributed by atoms with van der Waals surface area (Å²) in [4.78, 5) is 33.4. The van der Waals surface area contributed by atoms with Crippen LogP contribution in [0.5, 0.6) is 0 Å². The van der Waals surface area contributed by atoms with Crippen LogP contribution in [-0.4, -0.2) is 30.2 Å². The standard InChI is InChI=1S/C12H21N3O4/c1-2-19-9(16)7-5-3-4-6-8-12(13)10(17)14-11(18)15-12/h2-8,13H2,1H3,(H2,14,15,17,18). The average Bonchev–Trinajstić information content (AvgIpc) is 2.58. The van der Waals surface area contributed by atoms with Crippen LogP contribution in [-0.2, 0) is 14.3 Å². The molecule has 3 amide bonds. The molecule has 0 saturated carbocycles. The number of hydrogen-bond acceptors (Lipinski definition) is 5. The summed E-state index contributed by atoms with van der Waals surface area (Å²) in [6, 6.07) is -0.546. The largest absolute Gasteiger partial charge is 0.466 e. The summed E-state index contributed by atoms with van der Waals surface area (Å²) in [5.41, 5.74) is 4.50. The molecule has 0 aliphatic carbocycles. The number of nitrogens with two attached hydrogens (primary N) is 1. The maximum absolute atomic E-state index is 11.4. The van der Waals surface area contributed by atoms with Gasteiger partial charge in [-0.15, -0.1) is 0 Å². The molecule has 1 atom stereocenters. The number of carbonyl (C=O) groups is 3. The normalized spacial score (nSPS) is 22.0. The van der Waals surface area contributed by atoms with E-state index in [1.54, 1.807) is 6.92 Å². The van der Waals surface area contributed by atoms with Crippen molar-refractivity contribution in [2.75, 3.05) is 6.61 Å². The Bertz CT molecular complexity index is 359. The molecule has 7 nitrogen and oxygen atoms in total. The zero-order valence-electron chi connectivity index (χ0n) is 11.2. The number of esters is 1. The van der Waals surface area contributed by atoms with Crippen molar-refractivity contribution in [1.82, 2.24) is 10.6 Å². The summed E-state index contributed by atoms with van der Waals surface area (Å²) in [7, 11) is 0. The van der Waals surface area contributed by atoms with E-state index in [4.69, 9.17) is 10.5 Å². The van der Waals surface area contributed by atoms with Crippen molar-refractivity contribution in [2.45, 2.75) is 51.1 Å². The van der Waals surface area contributed by atoms with Gasteiger partial charge in [-0.25, -0.2) is 4.79 Å². The molecule has 1 unspecified atom stereocenters. The maximum Gasteiger partial charge on any atom is 0.323 e. The molecule has 0 radical (unpaired) electrons. The lowest BCUT2D eigenvalue weighted by Gasteiger charge is -2.19. The van der Waals surface area contributed by atoms with Crippen LogP contribution in [0.4, 0.5) is 4.79 Å². The molecule has 4 N–H and O–H groups in total. The van der Waals surface area contributed by atoms with E-state index in [1.165, 1.54) is 0 Å². The Labute approximate surface area is 112 Å². The van der Waals surface area contributed by atoms with Gasteiger partial charge in [0.2, 0.25) is 0 Å². The summed E-state index contributed by atoms with van der Waals surface area (Å²) in [5, 5.41) is 4.52. The highest BCUT2D eigenvalue weighted by molar-refractivity contribution is 6.06. The number of amides is 3. The molecule has 0 aromatic carbocycles. The number of urea groups is 1. The lowest BCUT2D eigenvalue weighted by Crippen LogP contribution is -2.55. The van der Waals surface area contributed by atoms with E-state index in [1.807, 2.05) is 0 Å². The third-order valence-electron chi connectivity index (χ3n) is 2.98. The fourth-order valence-electron chi connectivity index (χ4n) is 1.94. The second kappa shape index (κ2) is 7.08. The molecule has 0 aromatic heterocycles. The van der Waals surface area contributed by atoms with Crippen molar-refractivity contribution in [3.63, 3.8) is 0 Å². The summed E-state index contributed by atoms with van der Waals surface area (Å²) in [6.07, 6.45) is 4.00. The SMILES string of the molecule is CCOC(=O)CCCCCCC1(N)NC(=O)NC1=O. The minimum absolute atomic E-state index is 0.180. The van der Waals surface area contributed by atoms with E-state index in [0.29, 0.717) is 25.9 Å². The highest BCUT2D eigenvalue weighted by Crippen LogP contribution is 2.14. The Kier molecular flexibility index (Phi) is 5.75. The molecule has 19 heavy (non-hydrogen) atoms. The van der Waals surface area contributed by atoms with Crippen LogP contribution in [0.1, 0.15) is 45.4 Å². The van der Waals surface area contributed by atoms with Gasteiger partial charge in [0.15, 0.2) is 5.66 Å². The first-order valence-electron chi connectivity index (χ1n) is 6.56. The average molecular weight is 271 g/mol. The van der Waals surface area contributed by atoms with Crippen molar-refractivity contribution in [1.29, 1.82) is 0 Å². The molecule has 0 bridgehead atoms. The third kappa shape index (κ3) is 4.86. The van der Waals surface area contributed by atoms with Gasteiger partial charge in [-0.2, -0.15) is 0 Å². The monoisotopic (exact) mass is 271 g/mol. The van der Waals surface area contributed by atoms with E-state index in [9.17, 15) is 14.4 Å². The molecule has 1 saturated heterocycles. The van der Waals surface area contributed by atoms with Crippen LogP contribution in [0, 0.1) is 0 Å². The molecule has 7 heteroatoms. The number of ether oxygens (including phenoxy) is 1. The molecule has 1 heterocycles. The molecular weight excluding hydrogens is 250 g/mol. The first-order chi connectivity index (χ1) is 8.98. The van der Waals surface area contributed by atoms with Gasteiger partial charge in [0.05, 0.1) is 6.61 Å². The van der Waals surface area contributed by atoms with Crippen molar-refractivity contribution in [3.05, 3.63) is 0 Å². The zero-order chi connectivity index (χ0) is 14.3. The number of rotatable bonds is 8. The maximum atomic E-state index is 11.4. The minimum atomic E-state index is -1.28. The van der Waals surface area contributed by atoms with E-state index in [2.05, 4.69) is 10.6 Å². The third-order valence-corrected chi connectivity index (χ3v) is 2.98. The van der Waals surface area contributed by atoms with Crippen molar-refractivity contribution < 1.29 is 19.1 Å². The quantitative estimate of drug-likeness (QED) is 0.336. The van der Waals surface area contributed by atoms with Gasteiger partial charge in [0, 0.05) is 6.42 Å². The summed E-state index contributed by atoms with van der Waals surface area (Å²) in [5.74, 6) is -0.663. The fourth-order valence-corrected chi connectivity index (χ4v) is 1.94. The Morgan fingerprint density at radius 1 is 1.26 bits per heavy atom. The number of imide groups is 1. The second-order valence-electron chi connectivity index (χ2n) is 4.60. The second-order valence-corrected chi connectivity index (χ2v) is 4.60. The van der Waals surface area contributed by atoms with Gasteiger partial charge in [-0.1, -0.05) is 12.8 Å². The first-order valence-corrected chi connectivity index (χ1v) is 6.56. The Morgan fingerprint density at radius 3 is 2.53 bits per heavy atom. The topological polar surface area (TPSA) is 111 Å². The van der Waals surface area contributed by atoms with Crippen LogP contribution < -0.4 is 16.4 Å². The van der Waals surface area contributed by atoms with Crippen molar-refractivity contribution in [2.24, 2.45) is 5.73 Å². The van der Waals surface area contributed by atoms with Crippen LogP contribution in [0.15, 0.2) is 0 Å². The van der Waals surface area contributed by atoms with Crippen molar-refractivity contribution in [3.8, 4) is 0 Å². The van der Waals surface area contributed by atoms with E-state index in [0.717, 1.165) is 19.3 Å². The molecule has 108 valence electrons. The predicted octanol–water partition coefficient (Wildman–Crippen LogP) is 0.385. The number of unbranched alkanes of at least 4 members (excludes halogenated alkanes) is 3. The molecular formula is C12H21N3O4. The van der Waals surface area contributed by atoms with Crippen LogP contribution in [0.3, 0.4) is 0 Å². The van der Waals surface area contributed by atoms with Gasteiger partial charge in [0.1, 0.15) is 0 Å². The Morgan fingerprint density at radius 2 is 1.95 bits per heavy atom. The lowest BCUT2D eigenvalue weighted by atomic mass is 10.0. The van der Waals surface area contributed by atoms with Gasteiger partial charge >= 0.3 is 12.0 Å². The number of carbonyl (C=O) groups excluding carboxylic acids is 3. The smallest absolute Gasteiger partial charge is 0.323 e. The zero-order valence-corrected chi connectivity index (χ0v) is 11.2. The van der Waals surface area contributed by atoms with Crippen molar-refractivity contribution >= 4 is 17.9 Å². The number of hydrogen-bond donors (Lipinski definition) is 3. The highest BCUT2D eigenvalue weighted by Gasteiger charge is 2.41. The predicted molar refractivity (Wildman–Crippen MR) is 67.9 cm³/mol. The van der Waals surface area contributed by atoms with E-state index in [-0.39, 0.29) is 5.97 Å². The van der Waals surface area contributed by atoms with Crippen LogP contribution >= 0.6 is 0 Å². The van der Waals surface area contributed by atoms with Gasteiger partial charge in [-0.05, 0) is 26.2 Å². The summed E-state index contributed by atoms with van der Waals surface area (Å²) < 4.78 is 4.81. The highest BCUT2D eigenvalue weighted by atomic mass is 16.5.